The standard InChI is InChI=1S/C21H16F2N2O2S/c22-15-5-2-6-16(23)18(15)25-21(27)17-10-12-4-1-3-11-7-8-13(20(24)26)9-14(11)19(12)28-17/h2,5-10H,1,3-4H2,(H2,24,26)(H,25,27). The van der Waals surface area contributed by atoms with Crippen LogP contribution >= 0.6 is 11.3 Å². The largest absolute Gasteiger partial charge is 0.366 e. The van der Waals surface area contributed by atoms with Gasteiger partial charge in [0.25, 0.3) is 5.91 Å². The van der Waals surface area contributed by atoms with Gasteiger partial charge in [0.05, 0.1) is 4.88 Å². The van der Waals surface area contributed by atoms with Crippen molar-refractivity contribution in [1.29, 1.82) is 0 Å². The second kappa shape index (κ2) is 7.16. The fourth-order valence-corrected chi connectivity index (χ4v) is 4.53. The van der Waals surface area contributed by atoms with E-state index in [1.807, 2.05) is 6.07 Å². The third-order valence-corrected chi connectivity index (χ3v) is 5.97. The molecule has 0 spiro atoms. The lowest BCUT2D eigenvalue weighted by molar-refractivity contribution is 0.0998. The van der Waals surface area contributed by atoms with Gasteiger partial charge in [-0.2, -0.15) is 0 Å². The molecule has 7 heteroatoms. The van der Waals surface area contributed by atoms with E-state index < -0.39 is 29.1 Å². The molecule has 142 valence electrons. The van der Waals surface area contributed by atoms with E-state index in [1.54, 1.807) is 18.2 Å². The highest BCUT2D eigenvalue weighted by atomic mass is 32.1. The number of halogens is 2. The number of nitrogens with two attached hydrogens (primary N) is 1. The summed E-state index contributed by atoms with van der Waals surface area (Å²) >= 11 is 1.24. The third-order valence-electron chi connectivity index (χ3n) is 4.77. The number of thiophene rings is 1. The average Bonchev–Trinajstić information content (AvgIpc) is 3.01. The van der Waals surface area contributed by atoms with E-state index in [9.17, 15) is 18.4 Å². The molecule has 0 unspecified atom stereocenters. The van der Waals surface area contributed by atoms with Gasteiger partial charge in [0.15, 0.2) is 0 Å². The molecule has 0 saturated carbocycles. The topological polar surface area (TPSA) is 72.2 Å². The van der Waals surface area contributed by atoms with E-state index in [2.05, 4.69) is 5.32 Å². The van der Waals surface area contributed by atoms with E-state index >= 15 is 0 Å². The van der Waals surface area contributed by atoms with Crippen LogP contribution in [0.4, 0.5) is 14.5 Å². The molecular formula is C21H16F2N2O2S. The molecule has 0 radical (unpaired) electrons. The van der Waals surface area contributed by atoms with Crippen molar-refractivity contribution in [2.45, 2.75) is 19.3 Å². The van der Waals surface area contributed by atoms with Gasteiger partial charge in [0.2, 0.25) is 5.91 Å². The number of hydrogen-bond acceptors (Lipinski definition) is 3. The second-order valence-electron chi connectivity index (χ2n) is 6.61. The van der Waals surface area contributed by atoms with E-state index in [-0.39, 0.29) is 0 Å². The molecular weight excluding hydrogens is 382 g/mol. The summed E-state index contributed by atoms with van der Waals surface area (Å²) in [5, 5.41) is 2.32. The molecule has 1 aromatic heterocycles. The van der Waals surface area contributed by atoms with Crippen molar-refractivity contribution >= 4 is 28.8 Å². The normalized spacial score (nSPS) is 12.6. The van der Waals surface area contributed by atoms with Crippen molar-refractivity contribution in [2.75, 3.05) is 5.32 Å². The Bertz CT molecular complexity index is 1090. The maximum absolute atomic E-state index is 13.8. The third kappa shape index (κ3) is 3.29. The molecule has 0 saturated heterocycles. The Hall–Kier alpha value is -3.06. The van der Waals surface area contributed by atoms with Gasteiger partial charge < -0.3 is 11.1 Å². The number of fused-ring (bicyclic) bond motifs is 3. The first-order chi connectivity index (χ1) is 13.4. The lowest BCUT2D eigenvalue weighted by atomic mass is 10.0. The zero-order valence-electron chi connectivity index (χ0n) is 14.7. The highest BCUT2D eigenvalue weighted by molar-refractivity contribution is 7.17. The molecule has 1 heterocycles. The lowest BCUT2D eigenvalue weighted by Gasteiger charge is -2.08. The Labute approximate surface area is 164 Å². The van der Waals surface area contributed by atoms with Crippen molar-refractivity contribution < 1.29 is 18.4 Å². The Kier molecular flexibility index (Phi) is 4.68. The number of para-hydroxylation sites is 1. The second-order valence-corrected chi connectivity index (χ2v) is 7.66. The zero-order chi connectivity index (χ0) is 19.8. The Morgan fingerprint density at radius 2 is 1.71 bits per heavy atom. The van der Waals surface area contributed by atoms with E-state index in [0.29, 0.717) is 10.4 Å². The van der Waals surface area contributed by atoms with Gasteiger partial charge in [-0.1, -0.05) is 12.1 Å². The minimum Gasteiger partial charge on any atom is -0.366 e. The number of anilines is 1. The van der Waals surface area contributed by atoms with Crippen molar-refractivity contribution in [3.63, 3.8) is 0 Å². The van der Waals surface area contributed by atoms with Crippen LogP contribution in [-0.4, -0.2) is 11.8 Å². The van der Waals surface area contributed by atoms with Crippen molar-refractivity contribution in [3.05, 3.63) is 75.7 Å². The van der Waals surface area contributed by atoms with Gasteiger partial charge in [-0.25, -0.2) is 8.78 Å². The summed E-state index contributed by atoms with van der Waals surface area (Å²) in [6, 6.07) is 10.5. The highest BCUT2D eigenvalue weighted by Gasteiger charge is 2.22. The van der Waals surface area contributed by atoms with E-state index in [4.69, 9.17) is 5.73 Å². The van der Waals surface area contributed by atoms with Crippen LogP contribution in [0.3, 0.4) is 0 Å². The van der Waals surface area contributed by atoms with Crippen LogP contribution in [0.2, 0.25) is 0 Å². The summed E-state index contributed by atoms with van der Waals surface area (Å²) in [6.45, 7) is 0. The van der Waals surface area contributed by atoms with Gasteiger partial charge in [-0.15, -0.1) is 11.3 Å². The quantitative estimate of drug-likeness (QED) is 0.680. The number of benzene rings is 2. The number of carbonyl (C=O) groups is 2. The molecule has 2 aromatic carbocycles. The Morgan fingerprint density at radius 1 is 1.00 bits per heavy atom. The number of aryl methyl sites for hydroxylation is 2. The molecule has 28 heavy (non-hydrogen) atoms. The number of nitrogens with one attached hydrogen (secondary N) is 1. The molecule has 0 fully saturated rings. The number of hydrogen-bond donors (Lipinski definition) is 2. The number of primary amides is 1. The fourth-order valence-electron chi connectivity index (χ4n) is 3.38. The van der Waals surface area contributed by atoms with E-state index in [1.165, 1.54) is 17.4 Å². The van der Waals surface area contributed by atoms with Crippen LogP contribution in [-0.2, 0) is 12.8 Å². The fraction of sp³-hybridized carbons (Fsp3) is 0.143. The number of carbonyl (C=O) groups excluding carboxylic acids is 2. The molecule has 2 amide bonds. The average molecular weight is 398 g/mol. The Balaban J connectivity index is 1.72. The molecule has 0 aliphatic heterocycles. The van der Waals surface area contributed by atoms with Gasteiger partial charge in [-0.3, -0.25) is 9.59 Å². The molecule has 1 aliphatic carbocycles. The van der Waals surface area contributed by atoms with E-state index in [0.717, 1.165) is 53.0 Å². The molecule has 0 bridgehead atoms. The molecule has 3 aromatic rings. The molecule has 1 aliphatic rings. The predicted octanol–water partition coefficient (Wildman–Crippen LogP) is 4.53. The number of rotatable bonds is 3. The van der Waals surface area contributed by atoms with Crippen LogP contribution in [0, 0.1) is 11.6 Å². The summed E-state index contributed by atoms with van der Waals surface area (Å²) in [7, 11) is 0. The lowest BCUT2D eigenvalue weighted by Crippen LogP contribution is -2.13. The maximum Gasteiger partial charge on any atom is 0.265 e. The number of amides is 2. The first-order valence-electron chi connectivity index (χ1n) is 8.75. The van der Waals surface area contributed by atoms with Crippen molar-refractivity contribution in [1.82, 2.24) is 0 Å². The summed E-state index contributed by atoms with van der Waals surface area (Å²) in [6.07, 6.45) is 2.53. The van der Waals surface area contributed by atoms with Gasteiger partial charge >= 0.3 is 0 Å². The van der Waals surface area contributed by atoms with Crippen LogP contribution in [0.1, 0.15) is 37.6 Å². The summed E-state index contributed by atoms with van der Waals surface area (Å²) in [4.78, 5) is 25.4. The predicted molar refractivity (Wildman–Crippen MR) is 105 cm³/mol. The minimum atomic E-state index is -0.831. The molecule has 3 N–H and O–H groups in total. The van der Waals surface area contributed by atoms with Crippen molar-refractivity contribution in [3.8, 4) is 10.4 Å². The smallest absolute Gasteiger partial charge is 0.265 e. The summed E-state index contributed by atoms with van der Waals surface area (Å²) in [5.41, 5.74) is 8.28. The Morgan fingerprint density at radius 3 is 2.43 bits per heavy atom. The van der Waals surface area contributed by atoms with Crippen LogP contribution in [0.5, 0.6) is 0 Å². The van der Waals surface area contributed by atoms with Gasteiger partial charge in [0.1, 0.15) is 17.3 Å². The minimum absolute atomic E-state index is 0.352. The first kappa shape index (κ1) is 18.3. The van der Waals surface area contributed by atoms with Crippen LogP contribution < -0.4 is 11.1 Å². The molecule has 0 atom stereocenters. The monoisotopic (exact) mass is 398 g/mol. The van der Waals surface area contributed by atoms with Crippen LogP contribution in [0.25, 0.3) is 10.4 Å². The van der Waals surface area contributed by atoms with Gasteiger partial charge in [0, 0.05) is 10.4 Å². The van der Waals surface area contributed by atoms with Crippen molar-refractivity contribution in [2.24, 2.45) is 5.73 Å². The van der Waals surface area contributed by atoms with Gasteiger partial charge in [-0.05, 0) is 66.3 Å². The molecule has 4 nitrogen and oxygen atoms in total. The zero-order valence-corrected chi connectivity index (χ0v) is 15.5. The highest BCUT2D eigenvalue weighted by Crippen LogP contribution is 2.39. The van der Waals surface area contributed by atoms with Crippen LogP contribution in [0.15, 0.2) is 42.5 Å². The first-order valence-corrected chi connectivity index (χ1v) is 9.57. The summed E-state index contributed by atoms with van der Waals surface area (Å²) < 4.78 is 27.7. The SMILES string of the molecule is NC(=O)c1ccc2c(c1)-c1sc(C(=O)Nc3c(F)cccc3F)cc1CCC2. The summed E-state index contributed by atoms with van der Waals surface area (Å²) in [5.74, 6) is -2.75. The maximum atomic E-state index is 13.8. The molecule has 4 rings (SSSR count).